The predicted molar refractivity (Wildman–Crippen MR) is 112 cm³/mol. The SMILES string of the molecule is CCc1cccc(CC)c1NC(=O)C1CCCN1S(=O)(=O)c1cccc(C(F)(F)F)c1. The van der Waals surface area contributed by atoms with E-state index in [9.17, 15) is 26.4 Å². The number of aryl methyl sites for hydroxylation is 2. The number of amides is 1. The number of nitrogens with one attached hydrogen (secondary N) is 1. The molecule has 1 aliphatic rings. The van der Waals surface area contributed by atoms with Gasteiger partial charge in [-0.3, -0.25) is 4.79 Å². The minimum Gasteiger partial charge on any atom is -0.324 e. The Balaban J connectivity index is 1.90. The molecule has 0 radical (unpaired) electrons. The molecular formula is C22H25F3N2O3S. The summed E-state index contributed by atoms with van der Waals surface area (Å²) in [6.45, 7) is 4.00. The molecule has 0 saturated carbocycles. The topological polar surface area (TPSA) is 66.5 Å². The van der Waals surface area contributed by atoms with Crippen LogP contribution in [0.25, 0.3) is 0 Å². The Hall–Kier alpha value is -2.39. The molecule has 3 rings (SSSR count). The van der Waals surface area contributed by atoms with Gasteiger partial charge in [-0.25, -0.2) is 8.42 Å². The molecule has 168 valence electrons. The number of para-hydroxylation sites is 1. The van der Waals surface area contributed by atoms with E-state index in [4.69, 9.17) is 0 Å². The summed E-state index contributed by atoms with van der Waals surface area (Å²) in [6.07, 6.45) is -2.51. The Morgan fingerprint density at radius 2 is 1.71 bits per heavy atom. The summed E-state index contributed by atoms with van der Waals surface area (Å²) in [4.78, 5) is 12.6. The molecule has 1 fully saturated rings. The van der Waals surface area contributed by atoms with E-state index in [0.29, 0.717) is 37.4 Å². The van der Waals surface area contributed by atoms with Crippen LogP contribution in [0.5, 0.6) is 0 Å². The number of alkyl halides is 3. The van der Waals surface area contributed by atoms with Gasteiger partial charge in [0.1, 0.15) is 6.04 Å². The van der Waals surface area contributed by atoms with Crippen molar-refractivity contribution in [1.29, 1.82) is 0 Å². The van der Waals surface area contributed by atoms with Crippen molar-refractivity contribution in [2.45, 2.75) is 56.6 Å². The zero-order valence-corrected chi connectivity index (χ0v) is 18.2. The smallest absolute Gasteiger partial charge is 0.324 e. The highest BCUT2D eigenvalue weighted by atomic mass is 32.2. The molecule has 1 unspecified atom stereocenters. The van der Waals surface area contributed by atoms with E-state index in [1.54, 1.807) is 0 Å². The standard InChI is InChI=1S/C22H25F3N2O3S/c1-3-15-8-5-9-16(4-2)20(15)26-21(28)19-12-7-13-27(19)31(29,30)18-11-6-10-17(14-18)22(23,24)25/h5-6,8-11,14,19H,3-4,7,12-13H2,1-2H3,(H,26,28). The summed E-state index contributed by atoms with van der Waals surface area (Å²) in [5, 5.41) is 2.89. The molecule has 1 amide bonds. The second-order valence-corrected chi connectivity index (χ2v) is 9.34. The molecule has 1 heterocycles. The van der Waals surface area contributed by atoms with Crippen LogP contribution in [0.15, 0.2) is 47.4 Å². The number of anilines is 1. The Morgan fingerprint density at radius 3 is 2.29 bits per heavy atom. The van der Waals surface area contributed by atoms with Gasteiger partial charge < -0.3 is 5.32 Å². The molecule has 0 aromatic heterocycles. The van der Waals surface area contributed by atoms with Crippen molar-refractivity contribution in [1.82, 2.24) is 4.31 Å². The summed E-state index contributed by atoms with van der Waals surface area (Å²) in [5.74, 6) is -0.469. The molecule has 1 atom stereocenters. The summed E-state index contributed by atoms with van der Waals surface area (Å²) in [6, 6.07) is 8.36. The van der Waals surface area contributed by atoms with Gasteiger partial charge >= 0.3 is 6.18 Å². The van der Waals surface area contributed by atoms with Crippen molar-refractivity contribution >= 4 is 21.6 Å². The van der Waals surface area contributed by atoms with Crippen LogP contribution in [0.2, 0.25) is 0 Å². The average molecular weight is 455 g/mol. The number of nitrogens with zero attached hydrogens (tertiary/aromatic N) is 1. The number of carbonyl (C=O) groups is 1. The second kappa shape index (κ2) is 9.00. The van der Waals surface area contributed by atoms with Crippen molar-refractivity contribution in [3.8, 4) is 0 Å². The third-order valence-electron chi connectivity index (χ3n) is 5.52. The van der Waals surface area contributed by atoms with Gasteiger partial charge in [0.05, 0.1) is 10.5 Å². The van der Waals surface area contributed by atoms with Crippen LogP contribution in [0.3, 0.4) is 0 Å². The largest absolute Gasteiger partial charge is 0.416 e. The monoisotopic (exact) mass is 454 g/mol. The number of sulfonamides is 1. The highest BCUT2D eigenvalue weighted by Crippen LogP contribution is 2.33. The average Bonchev–Trinajstić information content (AvgIpc) is 3.24. The lowest BCUT2D eigenvalue weighted by Gasteiger charge is -2.25. The molecule has 9 heteroatoms. The van der Waals surface area contributed by atoms with E-state index in [2.05, 4.69) is 5.32 Å². The molecule has 1 aliphatic heterocycles. The van der Waals surface area contributed by atoms with Gasteiger partial charge in [-0.1, -0.05) is 38.1 Å². The predicted octanol–water partition coefficient (Wildman–Crippen LogP) is 4.62. The number of hydrogen-bond donors (Lipinski definition) is 1. The normalized spacial score (nSPS) is 17.6. The highest BCUT2D eigenvalue weighted by molar-refractivity contribution is 7.89. The summed E-state index contributed by atoms with van der Waals surface area (Å²) in [7, 11) is -4.27. The van der Waals surface area contributed by atoms with E-state index in [-0.39, 0.29) is 6.54 Å². The van der Waals surface area contributed by atoms with E-state index >= 15 is 0 Å². The summed E-state index contributed by atoms with van der Waals surface area (Å²) < 4.78 is 66.4. The number of halogens is 3. The molecule has 1 N–H and O–H groups in total. The van der Waals surface area contributed by atoms with Crippen molar-refractivity contribution in [2.75, 3.05) is 11.9 Å². The molecule has 2 aromatic rings. The summed E-state index contributed by atoms with van der Waals surface area (Å²) >= 11 is 0. The molecule has 5 nitrogen and oxygen atoms in total. The van der Waals surface area contributed by atoms with Crippen LogP contribution in [-0.2, 0) is 33.8 Å². The van der Waals surface area contributed by atoms with E-state index < -0.39 is 38.6 Å². The molecule has 0 spiro atoms. The first-order chi connectivity index (χ1) is 14.6. The fraction of sp³-hybridized carbons (Fsp3) is 0.409. The fourth-order valence-corrected chi connectivity index (χ4v) is 5.57. The van der Waals surface area contributed by atoms with Gasteiger partial charge in [0.15, 0.2) is 0 Å². The van der Waals surface area contributed by atoms with Crippen molar-refractivity contribution in [3.05, 3.63) is 59.2 Å². The maximum Gasteiger partial charge on any atom is 0.416 e. The molecular weight excluding hydrogens is 429 g/mol. The molecule has 0 bridgehead atoms. The first-order valence-corrected chi connectivity index (χ1v) is 11.6. The van der Waals surface area contributed by atoms with Crippen LogP contribution in [0, 0.1) is 0 Å². The van der Waals surface area contributed by atoms with Gasteiger partial charge in [-0.15, -0.1) is 0 Å². The van der Waals surface area contributed by atoms with Crippen LogP contribution < -0.4 is 5.32 Å². The third kappa shape index (κ3) is 4.77. The first kappa shape index (κ1) is 23.3. The van der Waals surface area contributed by atoms with E-state index in [1.807, 2.05) is 32.0 Å². The Kier molecular flexibility index (Phi) is 6.76. The quantitative estimate of drug-likeness (QED) is 0.693. The Labute approximate surface area is 180 Å². The Bertz CT molecular complexity index is 1050. The Morgan fingerprint density at radius 1 is 1.10 bits per heavy atom. The van der Waals surface area contributed by atoms with Crippen molar-refractivity contribution < 1.29 is 26.4 Å². The fourth-order valence-electron chi connectivity index (χ4n) is 3.87. The van der Waals surface area contributed by atoms with Crippen LogP contribution >= 0.6 is 0 Å². The van der Waals surface area contributed by atoms with E-state index in [1.165, 1.54) is 0 Å². The van der Waals surface area contributed by atoms with Gasteiger partial charge in [0, 0.05) is 12.2 Å². The van der Waals surface area contributed by atoms with Gasteiger partial charge in [-0.05, 0) is 55.0 Å². The minimum atomic E-state index is -4.66. The van der Waals surface area contributed by atoms with Crippen molar-refractivity contribution in [3.63, 3.8) is 0 Å². The van der Waals surface area contributed by atoms with Gasteiger partial charge in [-0.2, -0.15) is 17.5 Å². The number of carbonyl (C=O) groups excluding carboxylic acids is 1. The molecule has 2 aromatic carbocycles. The lowest BCUT2D eigenvalue weighted by Crippen LogP contribution is -2.43. The van der Waals surface area contributed by atoms with Gasteiger partial charge in [0.2, 0.25) is 15.9 Å². The maximum atomic E-state index is 13.1. The number of rotatable bonds is 6. The zero-order chi connectivity index (χ0) is 22.8. The molecule has 0 aliphatic carbocycles. The maximum absolute atomic E-state index is 13.1. The molecule has 31 heavy (non-hydrogen) atoms. The van der Waals surface area contributed by atoms with Crippen LogP contribution in [-0.4, -0.2) is 31.2 Å². The molecule has 1 saturated heterocycles. The van der Waals surface area contributed by atoms with E-state index in [0.717, 1.165) is 33.6 Å². The minimum absolute atomic E-state index is 0.0761. The van der Waals surface area contributed by atoms with Crippen LogP contribution in [0.4, 0.5) is 18.9 Å². The zero-order valence-electron chi connectivity index (χ0n) is 17.4. The van der Waals surface area contributed by atoms with Crippen LogP contribution in [0.1, 0.15) is 43.4 Å². The third-order valence-corrected chi connectivity index (χ3v) is 7.43. The summed E-state index contributed by atoms with van der Waals surface area (Å²) in [5.41, 5.74) is 1.52. The lowest BCUT2D eigenvalue weighted by molar-refractivity contribution is -0.137. The number of benzene rings is 2. The first-order valence-electron chi connectivity index (χ1n) is 10.2. The van der Waals surface area contributed by atoms with Crippen molar-refractivity contribution in [2.24, 2.45) is 0 Å². The number of hydrogen-bond acceptors (Lipinski definition) is 3. The van der Waals surface area contributed by atoms with Gasteiger partial charge in [0.25, 0.3) is 0 Å². The highest BCUT2D eigenvalue weighted by Gasteiger charge is 2.40. The lowest BCUT2D eigenvalue weighted by atomic mass is 10.0. The second-order valence-electron chi connectivity index (χ2n) is 7.45.